The number of aromatic nitrogens is 1. The normalized spacial score (nSPS) is 9.95. The Morgan fingerprint density at radius 2 is 2.10 bits per heavy atom. The lowest BCUT2D eigenvalue weighted by Gasteiger charge is -2.06. The fourth-order valence-electron chi connectivity index (χ4n) is 1.73. The highest BCUT2D eigenvalue weighted by Crippen LogP contribution is 2.17. The van der Waals surface area contributed by atoms with Crippen LogP contribution >= 0.6 is 0 Å². The second-order valence-corrected chi connectivity index (χ2v) is 4.22. The summed E-state index contributed by atoms with van der Waals surface area (Å²) >= 11 is 0. The number of anilines is 2. The van der Waals surface area contributed by atoms with Crippen molar-refractivity contribution in [3.63, 3.8) is 0 Å². The predicted octanol–water partition coefficient (Wildman–Crippen LogP) is 2.67. The summed E-state index contributed by atoms with van der Waals surface area (Å²) in [5.74, 6) is -0.418. The molecule has 0 bridgehead atoms. The number of nitrogens with one attached hydrogen (secondary N) is 2. The van der Waals surface area contributed by atoms with Gasteiger partial charge in [-0.15, -0.1) is 0 Å². The fraction of sp³-hybridized carbons (Fsp3) is 0.143. The number of nitro benzene ring substituents is 1. The van der Waals surface area contributed by atoms with Gasteiger partial charge in [0.2, 0.25) is 0 Å². The molecule has 0 aliphatic heterocycles. The summed E-state index contributed by atoms with van der Waals surface area (Å²) in [6.45, 7) is 2.73. The van der Waals surface area contributed by atoms with Gasteiger partial charge in [0.1, 0.15) is 5.69 Å². The van der Waals surface area contributed by atoms with Crippen molar-refractivity contribution in [2.24, 2.45) is 0 Å². The molecule has 0 atom stereocenters. The number of hydrogen-bond acceptors (Lipinski definition) is 5. The van der Waals surface area contributed by atoms with Gasteiger partial charge in [0.05, 0.1) is 16.8 Å². The number of non-ortho nitro benzene ring substituents is 1. The van der Waals surface area contributed by atoms with E-state index in [1.165, 1.54) is 18.2 Å². The van der Waals surface area contributed by atoms with E-state index in [0.29, 0.717) is 5.69 Å². The third-order valence-electron chi connectivity index (χ3n) is 2.69. The molecule has 0 aliphatic rings. The number of hydrogen-bond donors (Lipinski definition) is 2. The van der Waals surface area contributed by atoms with E-state index in [-0.39, 0.29) is 11.4 Å². The molecule has 0 aliphatic carbocycles. The van der Waals surface area contributed by atoms with Crippen LogP contribution < -0.4 is 10.6 Å². The zero-order valence-electron chi connectivity index (χ0n) is 11.4. The Kier molecular flexibility index (Phi) is 4.45. The van der Waals surface area contributed by atoms with Gasteiger partial charge in [-0.3, -0.25) is 14.9 Å². The van der Waals surface area contributed by atoms with Crippen molar-refractivity contribution < 1.29 is 9.72 Å². The number of pyridine rings is 1. The van der Waals surface area contributed by atoms with Crippen molar-refractivity contribution in [2.45, 2.75) is 6.92 Å². The first-order valence-corrected chi connectivity index (χ1v) is 6.36. The Morgan fingerprint density at radius 3 is 2.71 bits per heavy atom. The Labute approximate surface area is 121 Å². The number of amides is 1. The van der Waals surface area contributed by atoms with E-state index in [0.717, 1.165) is 12.2 Å². The average molecular weight is 286 g/mol. The average Bonchev–Trinajstić information content (AvgIpc) is 2.48. The number of carbonyl (C=O) groups is 1. The molecular weight excluding hydrogens is 272 g/mol. The van der Waals surface area contributed by atoms with Crippen LogP contribution in [0.1, 0.15) is 17.4 Å². The molecule has 0 spiro atoms. The van der Waals surface area contributed by atoms with Crippen LogP contribution in [0.25, 0.3) is 0 Å². The van der Waals surface area contributed by atoms with Crippen LogP contribution in [0, 0.1) is 10.1 Å². The van der Waals surface area contributed by atoms with E-state index in [1.807, 2.05) is 6.92 Å². The fourth-order valence-corrected chi connectivity index (χ4v) is 1.73. The Bertz CT molecular complexity index is 656. The smallest absolute Gasteiger partial charge is 0.274 e. The van der Waals surface area contributed by atoms with E-state index >= 15 is 0 Å². The zero-order chi connectivity index (χ0) is 15.2. The van der Waals surface area contributed by atoms with E-state index in [2.05, 4.69) is 15.6 Å². The maximum absolute atomic E-state index is 12.0. The predicted molar refractivity (Wildman–Crippen MR) is 79.5 cm³/mol. The largest absolute Gasteiger partial charge is 0.384 e. The topological polar surface area (TPSA) is 97.2 Å². The number of rotatable bonds is 5. The summed E-state index contributed by atoms with van der Waals surface area (Å²) in [6, 6.07) is 9.08. The van der Waals surface area contributed by atoms with Crippen LogP contribution in [0.4, 0.5) is 17.1 Å². The molecule has 0 fully saturated rings. The lowest BCUT2D eigenvalue weighted by Crippen LogP contribution is -2.13. The molecule has 7 heteroatoms. The SMILES string of the molecule is CCNc1ccc(C(=O)Nc2cccc([N+](=O)[O-])c2)nc1. The van der Waals surface area contributed by atoms with Gasteiger partial charge >= 0.3 is 0 Å². The first-order valence-electron chi connectivity index (χ1n) is 6.36. The highest BCUT2D eigenvalue weighted by atomic mass is 16.6. The molecule has 108 valence electrons. The van der Waals surface area contributed by atoms with Crippen LogP contribution in [0.5, 0.6) is 0 Å². The molecule has 0 saturated heterocycles. The minimum atomic E-state index is -0.515. The molecule has 2 aromatic rings. The zero-order valence-corrected chi connectivity index (χ0v) is 11.4. The number of nitrogens with zero attached hydrogens (tertiary/aromatic N) is 2. The van der Waals surface area contributed by atoms with Gasteiger partial charge in [-0.25, -0.2) is 4.98 Å². The van der Waals surface area contributed by atoms with Gasteiger partial charge in [0.25, 0.3) is 11.6 Å². The van der Waals surface area contributed by atoms with E-state index < -0.39 is 10.8 Å². The van der Waals surface area contributed by atoms with Gasteiger partial charge in [-0.1, -0.05) is 6.07 Å². The molecular formula is C14H14N4O3. The molecule has 1 amide bonds. The maximum atomic E-state index is 12.0. The van der Waals surface area contributed by atoms with Crippen LogP contribution in [0.2, 0.25) is 0 Å². The monoisotopic (exact) mass is 286 g/mol. The summed E-state index contributed by atoms with van der Waals surface area (Å²) in [5, 5.41) is 16.3. The molecule has 2 N–H and O–H groups in total. The second-order valence-electron chi connectivity index (χ2n) is 4.22. The van der Waals surface area contributed by atoms with Crippen LogP contribution in [0.15, 0.2) is 42.6 Å². The van der Waals surface area contributed by atoms with Crippen molar-refractivity contribution in [2.75, 3.05) is 17.2 Å². The first kappa shape index (κ1) is 14.4. The molecule has 0 saturated carbocycles. The van der Waals surface area contributed by atoms with Gasteiger partial charge < -0.3 is 10.6 Å². The van der Waals surface area contributed by atoms with Crippen molar-refractivity contribution in [1.82, 2.24) is 4.98 Å². The standard InChI is InChI=1S/C14H14N4O3/c1-2-15-11-6-7-13(16-9-11)14(19)17-10-4-3-5-12(8-10)18(20)21/h3-9,15H,2H2,1H3,(H,17,19). The van der Waals surface area contributed by atoms with Gasteiger partial charge in [0, 0.05) is 24.4 Å². The van der Waals surface area contributed by atoms with Crippen LogP contribution in [-0.2, 0) is 0 Å². The van der Waals surface area contributed by atoms with E-state index in [9.17, 15) is 14.9 Å². The molecule has 21 heavy (non-hydrogen) atoms. The highest BCUT2D eigenvalue weighted by Gasteiger charge is 2.10. The van der Waals surface area contributed by atoms with Crippen LogP contribution in [-0.4, -0.2) is 22.4 Å². The summed E-state index contributed by atoms with van der Waals surface area (Å²) in [4.78, 5) is 26.2. The quantitative estimate of drug-likeness (QED) is 0.650. The van der Waals surface area contributed by atoms with Gasteiger partial charge in [0.15, 0.2) is 0 Å². The summed E-state index contributed by atoms with van der Waals surface area (Å²) in [7, 11) is 0. The van der Waals surface area contributed by atoms with Crippen molar-refractivity contribution >= 4 is 23.0 Å². The highest BCUT2D eigenvalue weighted by molar-refractivity contribution is 6.03. The Balaban J connectivity index is 2.10. The third kappa shape index (κ3) is 3.75. The summed E-state index contributed by atoms with van der Waals surface area (Å²) in [5.41, 5.74) is 1.34. The molecule has 2 rings (SSSR count). The Hall–Kier alpha value is -2.96. The Morgan fingerprint density at radius 1 is 1.29 bits per heavy atom. The molecule has 7 nitrogen and oxygen atoms in total. The molecule has 0 radical (unpaired) electrons. The van der Waals surface area contributed by atoms with Crippen molar-refractivity contribution in [3.05, 3.63) is 58.4 Å². The lowest BCUT2D eigenvalue weighted by molar-refractivity contribution is -0.384. The number of carbonyl (C=O) groups excluding carboxylic acids is 1. The number of benzene rings is 1. The number of nitro groups is 1. The third-order valence-corrected chi connectivity index (χ3v) is 2.69. The summed E-state index contributed by atoms with van der Waals surface area (Å²) in [6.07, 6.45) is 1.56. The molecule has 0 unspecified atom stereocenters. The maximum Gasteiger partial charge on any atom is 0.274 e. The van der Waals surface area contributed by atoms with Crippen molar-refractivity contribution in [1.29, 1.82) is 0 Å². The van der Waals surface area contributed by atoms with Gasteiger partial charge in [-0.05, 0) is 25.1 Å². The van der Waals surface area contributed by atoms with Gasteiger partial charge in [-0.2, -0.15) is 0 Å². The van der Waals surface area contributed by atoms with E-state index in [4.69, 9.17) is 0 Å². The molecule has 1 heterocycles. The molecule has 1 aromatic carbocycles. The minimum absolute atomic E-state index is 0.0803. The van der Waals surface area contributed by atoms with Crippen LogP contribution in [0.3, 0.4) is 0 Å². The molecule has 1 aromatic heterocycles. The second kappa shape index (κ2) is 6.47. The van der Waals surface area contributed by atoms with E-state index in [1.54, 1.807) is 24.4 Å². The lowest BCUT2D eigenvalue weighted by atomic mass is 10.2. The first-order chi connectivity index (χ1) is 10.1. The summed E-state index contributed by atoms with van der Waals surface area (Å²) < 4.78 is 0. The van der Waals surface area contributed by atoms with Crippen molar-refractivity contribution in [3.8, 4) is 0 Å². The minimum Gasteiger partial charge on any atom is -0.384 e.